The maximum absolute atomic E-state index is 14.0. The third-order valence-corrected chi connectivity index (χ3v) is 3.71. The number of nitrogens with zero attached hydrogens (tertiary/aromatic N) is 1. The van der Waals surface area contributed by atoms with Crippen molar-refractivity contribution in [1.29, 1.82) is 0 Å². The van der Waals surface area contributed by atoms with E-state index < -0.39 is 42.7 Å². The molecule has 0 aliphatic heterocycles. The second-order valence-corrected chi connectivity index (χ2v) is 6.18. The van der Waals surface area contributed by atoms with Crippen LogP contribution in [-0.2, 0) is 0 Å². The first kappa shape index (κ1) is 19.3. The molecule has 1 aromatic heterocycles. The summed E-state index contributed by atoms with van der Waals surface area (Å²) in [5.74, 6) is -3.36. The van der Waals surface area contributed by atoms with Gasteiger partial charge in [-0.3, -0.25) is 4.79 Å². The minimum absolute atomic E-state index is 0.0146. The molecule has 10 heteroatoms. The first-order valence-corrected chi connectivity index (χ1v) is 8.03. The number of pyridine rings is 1. The number of primary amides is 1. The van der Waals surface area contributed by atoms with Crippen molar-refractivity contribution < 1.29 is 28.5 Å². The minimum Gasteiger partial charge on any atom is -0.486 e. The molecule has 2 aromatic rings. The molecule has 1 atom stereocenters. The Morgan fingerprint density at radius 3 is 2.72 bits per heavy atom. The van der Waals surface area contributed by atoms with E-state index in [0.29, 0.717) is 3.57 Å². The highest BCUT2D eigenvalue weighted by Gasteiger charge is 2.18. The topological polar surface area (TPSA) is 118 Å². The predicted molar refractivity (Wildman–Crippen MR) is 93.7 cm³/mol. The van der Waals surface area contributed by atoms with Gasteiger partial charge in [-0.1, -0.05) is 0 Å². The van der Waals surface area contributed by atoms with Gasteiger partial charge < -0.3 is 26.0 Å². The first-order chi connectivity index (χ1) is 11.8. The lowest BCUT2D eigenvalue weighted by molar-refractivity contribution is 0.0520. The molecule has 0 saturated heterocycles. The molecule has 0 radical (unpaired) electrons. The van der Waals surface area contributed by atoms with Crippen molar-refractivity contribution in [3.05, 3.63) is 45.2 Å². The molecular formula is C15H14F2IN3O4. The van der Waals surface area contributed by atoms with Crippen LogP contribution >= 0.6 is 22.6 Å². The molecule has 0 bridgehead atoms. The second-order valence-electron chi connectivity index (χ2n) is 4.93. The summed E-state index contributed by atoms with van der Waals surface area (Å²) >= 11 is 1.93. The van der Waals surface area contributed by atoms with Crippen molar-refractivity contribution >= 4 is 40.0 Å². The van der Waals surface area contributed by atoms with Crippen molar-refractivity contribution in [3.63, 3.8) is 0 Å². The Kier molecular flexibility index (Phi) is 6.45. The van der Waals surface area contributed by atoms with Crippen LogP contribution in [0.25, 0.3) is 0 Å². The van der Waals surface area contributed by atoms with Crippen molar-refractivity contribution in [2.45, 2.75) is 6.10 Å². The van der Waals surface area contributed by atoms with Gasteiger partial charge >= 0.3 is 0 Å². The van der Waals surface area contributed by atoms with Crippen LogP contribution in [0, 0.1) is 15.3 Å². The normalized spacial score (nSPS) is 11.9. The zero-order valence-electron chi connectivity index (χ0n) is 12.7. The van der Waals surface area contributed by atoms with E-state index in [-0.39, 0.29) is 17.1 Å². The molecule has 1 aromatic carbocycles. The summed E-state index contributed by atoms with van der Waals surface area (Å²) in [4.78, 5) is 15.1. The molecule has 1 heterocycles. The largest absolute Gasteiger partial charge is 0.486 e. The molecule has 25 heavy (non-hydrogen) atoms. The van der Waals surface area contributed by atoms with E-state index in [9.17, 15) is 18.7 Å². The Bertz CT molecular complexity index is 792. The fourth-order valence-corrected chi connectivity index (χ4v) is 2.27. The van der Waals surface area contributed by atoms with Crippen LogP contribution < -0.4 is 15.8 Å². The number of amides is 1. The fraction of sp³-hybridized carbons (Fsp3) is 0.200. The number of nitrogens with one attached hydrogen (secondary N) is 1. The maximum Gasteiger partial charge on any atom is 0.257 e. The van der Waals surface area contributed by atoms with E-state index in [0.717, 1.165) is 6.07 Å². The number of rotatable bonds is 7. The Morgan fingerprint density at radius 2 is 2.12 bits per heavy atom. The Balaban J connectivity index is 2.34. The lowest BCUT2D eigenvalue weighted by Crippen LogP contribution is -2.22. The van der Waals surface area contributed by atoms with E-state index >= 15 is 0 Å². The van der Waals surface area contributed by atoms with Gasteiger partial charge in [0.2, 0.25) is 0 Å². The van der Waals surface area contributed by atoms with Gasteiger partial charge in [-0.25, -0.2) is 4.39 Å². The third-order valence-electron chi connectivity index (χ3n) is 3.04. The van der Waals surface area contributed by atoms with Gasteiger partial charge in [0, 0.05) is 9.64 Å². The van der Waals surface area contributed by atoms with Crippen LogP contribution in [0.4, 0.5) is 20.3 Å². The highest BCUT2D eigenvalue weighted by Crippen LogP contribution is 2.27. The first-order valence-electron chi connectivity index (χ1n) is 6.96. The molecule has 0 spiro atoms. The van der Waals surface area contributed by atoms with Crippen LogP contribution in [0.15, 0.2) is 24.3 Å². The van der Waals surface area contributed by atoms with Crippen LogP contribution in [-0.4, -0.2) is 40.4 Å². The van der Waals surface area contributed by atoms with Crippen molar-refractivity contribution in [2.75, 3.05) is 18.5 Å². The maximum atomic E-state index is 14.0. The summed E-state index contributed by atoms with van der Waals surface area (Å²) in [5.41, 5.74) is 5.01. The molecule has 134 valence electrons. The van der Waals surface area contributed by atoms with Crippen molar-refractivity contribution in [1.82, 2.24) is 4.98 Å². The van der Waals surface area contributed by atoms with Gasteiger partial charge in [-0.15, -0.1) is 0 Å². The summed E-state index contributed by atoms with van der Waals surface area (Å²) < 4.78 is 33.6. The molecule has 2 rings (SSSR count). The van der Waals surface area contributed by atoms with Crippen LogP contribution in [0.1, 0.15) is 10.4 Å². The van der Waals surface area contributed by atoms with Crippen molar-refractivity contribution in [3.8, 4) is 5.75 Å². The van der Waals surface area contributed by atoms with Crippen molar-refractivity contribution in [2.24, 2.45) is 5.73 Å². The van der Waals surface area contributed by atoms with E-state index in [4.69, 9.17) is 15.6 Å². The van der Waals surface area contributed by atoms with E-state index in [2.05, 4.69) is 10.3 Å². The summed E-state index contributed by atoms with van der Waals surface area (Å²) in [6, 6.07) is 5.25. The monoisotopic (exact) mass is 465 g/mol. The van der Waals surface area contributed by atoms with E-state index in [1.807, 2.05) is 22.6 Å². The number of carbonyl (C=O) groups is 1. The van der Waals surface area contributed by atoms with Gasteiger partial charge in [-0.05, 0) is 40.8 Å². The third kappa shape index (κ3) is 4.96. The van der Waals surface area contributed by atoms with E-state index in [1.165, 1.54) is 12.1 Å². The number of aliphatic hydroxyl groups is 2. The van der Waals surface area contributed by atoms with Crippen LogP contribution in [0.3, 0.4) is 0 Å². The number of benzene rings is 1. The molecule has 0 fully saturated rings. The number of ether oxygens (including phenoxy) is 1. The predicted octanol–water partition coefficient (Wildman–Crippen LogP) is 1.54. The SMILES string of the molecule is NC(=O)c1cc(OC[C@H](O)CO)c(F)nc1Nc1ccc(I)cc1F. The minimum atomic E-state index is -1.23. The average Bonchev–Trinajstić information content (AvgIpc) is 2.55. The zero-order chi connectivity index (χ0) is 18.6. The Hall–Kier alpha value is -2.05. The fourth-order valence-electron chi connectivity index (χ4n) is 1.81. The smallest absolute Gasteiger partial charge is 0.257 e. The highest BCUT2D eigenvalue weighted by molar-refractivity contribution is 14.1. The number of aromatic nitrogens is 1. The molecule has 7 nitrogen and oxygen atoms in total. The van der Waals surface area contributed by atoms with Crippen LogP contribution in [0.5, 0.6) is 5.75 Å². The Morgan fingerprint density at radius 1 is 1.40 bits per heavy atom. The molecule has 0 saturated carbocycles. The average molecular weight is 465 g/mol. The van der Waals surface area contributed by atoms with E-state index in [1.54, 1.807) is 6.07 Å². The molecule has 0 aliphatic carbocycles. The zero-order valence-corrected chi connectivity index (χ0v) is 14.8. The van der Waals surface area contributed by atoms with Gasteiger partial charge in [0.05, 0.1) is 17.9 Å². The molecule has 1 amide bonds. The Labute approximate surface area is 155 Å². The standard InChI is InChI=1S/C15H14F2IN3O4/c16-10-3-7(18)1-2-11(10)20-15-9(14(19)24)4-12(13(17)21-15)25-6-8(23)5-22/h1-4,8,22-23H,5-6H2,(H2,19,24)(H,20,21)/t8-/m1/s1. The number of anilines is 2. The number of hydrogen-bond acceptors (Lipinski definition) is 6. The van der Waals surface area contributed by atoms with Gasteiger partial charge in [0.15, 0.2) is 5.75 Å². The quantitative estimate of drug-likeness (QED) is 0.364. The van der Waals surface area contributed by atoms with Gasteiger partial charge in [-0.2, -0.15) is 9.37 Å². The van der Waals surface area contributed by atoms with Crippen LogP contribution in [0.2, 0.25) is 0 Å². The highest BCUT2D eigenvalue weighted by atomic mass is 127. The molecule has 0 unspecified atom stereocenters. The second kappa shape index (κ2) is 8.36. The molecule has 5 N–H and O–H groups in total. The molecular weight excluding hydrogens is 451 g/mol. The number of nitrogens with two attached hydrogens (primary N) is 1. The lowest BCUT2D eigenvalue weighted by atomic mass is 10.2. The summed E-state index contributed by atoms with van der Waals surface area (Å²) in [6.45, 7) is -0.991. The summed E-state index contributed by atoms with van der Waals surface area (Å²) in [5, 5.41) is 20.5. The van der Waals surface area contributed by atoms with Gasteiger partial charge in [0.1, 0.15) is 24.3 Å². The number of hydrogen-bond donors (Lipinski definition) is 4. The summed E-state index contributed by atoms with van der Waals surface area (Å²) in [7, 11) is 0. The number of halogens is 3. The number of carbonyl (C=O) groups excluding carboxylic acids is 1. The lowest BCUT2D eigenvalue weighted by Gasteiger charge is -2.14. The molecule has 0 aliphatic rings. The number of aliphatic hydroxyl groups excluding tert-OH is 2. The summed E-state index contributed by atoms with van der Waals surface area (Å²) in [6.07, 6.45) is -1.23. The van der Waals surface area contributed by atoms with Gasteiger partial charge in [0.25, 0.3) is 11.9 Å².